The van der Waals surface area contributed by atoms with Gasteiger partial charge in [-0.05, 0) is 49.9 Å². The average Bonchev–Trinajstić information content (AvgIpc) is 2.77. The number of aryl methyl sites for hydroxylation is 1. The van der Waals surface area contributed by atoms with Crippen molar-refractivity contribution in [2.45, 2.75) is 39.0 Å². The van der Waals surface area contributed by atoms with Crippen LogP contribution >= 0.6 is 0 Å². The van der Waals surface area contributed by atoms with E-state index in [9.17, 15) is 0 Å². The number of hydrogen-bond acceptors (Lipinski definition) is 6. The van der Waals surface area contributed by atoms with Gasteiger partial charge < -0.3 is 9.64 Å². The lowest BCUT2D eigenvalue weighted by Crippen LogP contribution is -2.36. The average molecular weight is 380 g/mol. The molecule has 0 saturated carbocycles. The van der Waals surface area contributed by atoms with Gasteiger partial charge in [-0.25, -0.2) is 10.5 Å². The zero-order chi connectivity index (χ0) is 19.9. The van der Waals surface area contributed by atoms with Gasteiger partial charge in [-0.1, -0.05) is 13.3 Å². The van der Waals surface area contributed by atoms with Crippen LogP contribution in [0.15, 0.2) is 35.6 Å². The molecule has 0 atom stereocenters. The number of benzene rings is 1. The van der Waals surface area contributed by atoms with Gasteiger partial charge in [0.25, 0.3) is 0 Å². The maximum absolute atomic E-state index is 7.82. The van der Waals surface area contributed by atoms with Gasteiger partial charge in [0.05, 0.1) is 12.8 Å². The molecule has 2 N–H and O–H groups in total. The Balaban J connectivity index is 1.89. The lowest BCUT2D eigenvalue weighted by Gasteiger charge is -2.33. The van der Waals surface area contributed by atoms with Crippen LogP contribution in [0.1, 0.15) is 38.3 Å². The smallest absolute Gasteiger partial charge is 0.155 e. The molecule has 28 heavy (non-hydrogen) atoms. The van der Waals surface area contributed by atoms with Crippen LogP contribution in [0.5, 0.6) is 5.75 Å². The first-order valence-corrected chi connectivity index (χ1v) is 9.87. The molecule has 3 rings (SSSR count). The maximum atomic E-state index is 7.82. The standard InChI is InChI=1S/C21H28N6O/c1-3-4-5-17-14-24-19(15-6-8-18(28-2)9-7-15)21(25-17)27-12-10-16(11-13-27)20(22)26-23/h6-9,14,16,22-23H,3-5,10-13H2,1-2H3. The molecule has 1 aromatic carbocycles. The number of rotatable bonds is 7. The monoisotopic (exact) mass is 380 g/mol. The Kier molecular flexibility index (Phi) is 6.68. The largest absolute Gasteiger partial charge is 0.497 e. The molecule has 1 fully saturated rings. The van der Waals surface area contributed by atoms with Crippen LogP contribution in [-0.2, 0) is 6.42 Å². The Morgan fingerprint density at radius 3 is 2.57 bits per heavy atom. The third-order valence-corrected chi connectivity index (χ3v) is 5.26. The third kappa shape index (κ3) is 4.52. The number of piperidine rings is 1. The second-order valence-corrected chi connectivity index (χ2v) is 7.12. The summed E-state index contributed by atoms with van der Waals surface area (Å²) in [6.07, 6.45) is 6.66. The van der Waals surface area contributed by atoms with Crippen LogP contribution in [0, 0.1) is 16.9 Å². The minimum atomic E-state index is 0.0643. The van der Waals surface area contributed by atoms with E-state index in [0.717, 1.165) is 73.7 Å². The molecule has 1 aliphatic heterocycles. The van der Waals surface area contributed by atoms with Crippen LogP contribution in [-0.4, -0.2) is 36.0 Å². The molecular formula is C21H28N6O. The number of aromatic nitrogens is 2. The molecule has 1 aromatic heterocycles. The van der Waals surface area contributed by atoms with Crippen molar-refractivity contribution in [2.75, 3.05) is 25.1 Å². The van der Waals surface area contributed by atoms with E-state index in [-0.39, 0.29) is 11.8 Å². The first kappa shape index (κ1) is 19.9. The van der Waals surface area contributed by atoms with Crippen molar-refractivity contribution in [3.05, 3.63) is 36.2 Å². The second-order valence-electron chi connectivity index (χ2n) is 7.12. The van der Waals surface area contributed by atoms with Crippen molar-refractivity contribution in [3.8, 4) is 17.0 Å². The van der Waals surface area contributed by atoms with Crippen LogP contribution < -0.4 is 9.64 Å². The Labute approximate surface area is 166 Å². The predicted molar refractivity (Wildman–Crippen MR) is 110 cm³/mol. The first-order valence-electron chi connectivity index (χ1n) is 9.87. The molecule has 2 aromatic rings. The van der Waals surface area contributed by atoms with Crippen LogP contribution in [0.4, 0.5) is 5.82 Å². The molecule has 0 unspecified atom stereocenters. The number of amidine groups is 1. The van der Waals surface area contributed by atoms with E-state index in [1.807, 2.05) is 30.5 Å². The van der Waals surface area contributed by atoms with E-state index in [4.69, 9.17) is 25.6 Å². The zero-order valence-corrected chi connectivity index (χ0v) is 16.6. The molecular weight excluding hydrogens is 352 g/mol. The van der Waals surface area contributed by atoms with E-state index in [2.05, 4.69) is 16.9 Å². The summed E-state index contributed by atoms with van der Waals surface area (Å²) in [5.74, 6) is 1.97. The van der Waals surface area contributed by atoms with Gasteiger partial charge in [0.2, 0.25) is 0 Å². The van der Waals surface area contributed by atoms with Crippen molar-refractivity contribution in [2.24, 2.45) is 11.0 Å². The van der Waals surface area contributed by atoms with E-state index < -0.39 is 0 Å². The summed E-state index contributed by atoms with van der Waals surface area (Å²) in [5.41, 5.74) is 10.00. The van der Waals surface area contributed by atoms with Crippen molar-refractivity contribution < 1.29 is 4.74 Å². The van der Waals surface area contributed by atoms with E-state index in [0.29, 0.717) is 0 Å². The Morgan fingerprint density at radius 1 is 1.25 bits per heavy atom. The van der Waals surface area contributed by atoms with Crippen LogP contribution in [0.2, 0.25) is 0 Å². The van der Waals surface area contributed by atoms with Gasteiger partial charge in [-0.15, -0.1) is 5.11 Å². The molecule has 2 heterocycles. The van der Waals surface area contributed by atoms with Crippen LogP contribution in [0.25, 0.3) is 11.3 Å². The van der Waals surface area contributed by atoms with Crippen molar-refractivity contribution >= 4 is 11.7 Å². The van der Waals surface area contributed by atoms with Gasteiger partial charge in [-0.2, -0.15) is 0 Å². The summed E-state index contributed by atoms with van der Waals surface area (Å²) in [5, 5.41) is 11.1. The van der Waals surface area contributed by atoms with Gasteiger partial charge >= 0.3 is 0 Å². The third-order valence-electron chi connectivity index (χ3n) is 5.26. The number of nitrogens with one attached hydrogen (secondary N) is 2. The Bertz CT molecular complexity index is 812. The normalized spacial score (nSPS) is 14.7. The summed E-state index contributed by atoms with van der Waals surface area (Å²) >= 11 is 0. The first-order chi connectivity index (χ1) is 13.7. The Morgan fingerprint density at radius 2 is 1.96 bits per heavy atom. The SMILES string of the molecule is CCCCc1cnc(-c2ccc(OC)cc2)c(N2CCC(C(=N)N=N)CC2)n1. The lowest BCUT2D eigenvalue weighted by atomic mass is 9.95. The topological polar surface area (TPSA) is 98.3 Å². The summed E-state index contributed by atoms with van der Waals surface area (Å²) in [4.78, 5) is 12.0. The molecule has 0 spiro atoms. The summed E-state index contributed by atoms with van der Waals surface area (Å²) in [6.45, 7) is 3.76. The molecule has 0 bridgehead atoms. The fraction of sp³-hybridized carbons (Fsp3) is 0.476. The summed E-state index contributed by atoms with van der Waals surface area (Å²) in [7, 11) is 1.66. The number of unbranched alkanes of at least 4 members (excludes halogenated alkanes) is 1. The Hall–Kier alpha value is -2.83. The molecule has 1 saturated heterocycles. The highest BCUT2D eigenvalue weighted by Gasteiger charge is 2.26. The minimum Gasteiger partial charge on any atom is -0.497 e. The second kappa shape index (κ2) is 9.39. The zero-order valence-electron chi connectivity index (χ0n) is 16.6. The molecule has 7 heteroatoms. The van der Waals surface area contributed by atoms with Crippen molar-refractivity contribution in [3.63, 3.8) is 0 Å². The minimum absolute atomic E-state index is 0.0643. The van der Waals surface area contributed by atoms with E-state index >= 15 is 0 Å². The number of hydrogen-bond donors (Lipinski definition) is 2. The fourth-order valence-electron chi connectivity index (χ4n) is 3.52. The molecule has 1 aliphatic rings. The quantitative estimate of drug-likeness (QED) is 0.412. The molecule has 0 aliphatic carbocycles. The number of methoxy groups -OCH3 is 1. The predicted octanol–water partition coefficient (Wildman–Crippen LogP) is 4.72. The number of ether oxygens (including phenoxy) is 1. The lowest BCUT2D eigenvalue weighted by molar-refractivity contribution is 0.415. The number of anilines is 1. The van der Waals surface area contributed by atoms with Gasteiger partial charge in [-0.3, -0.25) is 10.4 Å². The fourth-order valence-corrected chi connectivity index (χ4v) is 3.52. The van der Waals surface area contributed by atoms with Crippen molar-refractivity contribution in [1.82, 2.24) is 9.97 Å². The van der Waals surface area contributed by atoms with Gasteiger partial charge in [0.15, 0.2) is 5.82 Å². The molecule has 7 nitrogen and oxygen atoms in total. The highest BCUT2D eigenvalue weighted by atomic mass is 16.5. The highest BCUT2D eigenvalue weighted by Crippen LogP contribution is 2.32. The molecule has 148 valence electrons. The van der Waals surface area contributed by atoms with Gasteiger partial charge in [0.1, 0.15) is 17.3 Å². The summed E-state index contributed by atoms with van der Waals surface area (Å²) < 4.78 is 5.27. The van der Waals surface area contributed by atoms with E-state index in [1.54, 1.807) is 7.11 Å². The van der Waals surface area contributed by atoms with E-state index in [1.165, 1.54) is 0 Å². The van der Waals surface area contributed by atoms with Crippen LogP contribution in [0.3, 0.4) is 0 Å². The maximum Gasteiger partial charge on any atom is 0.155 e. The van der Waals surface area contributed by atoms with Crippen molar-refractivity contribution in [1.29, 1.82) is 10.9 Å². The highest BCUT2D eigenvalue weighted by molar-refractivity contribution is 5.82. The number of nitrogens with zero attached hydrogens (tertiary/aromatic N) is 4. The summed E-state index contributed by atoms with van der Waals surface area (Å²) in [6, 6.07) is 7.91. The molecule has 0 amide bonds. The molecule has 0 radical (unpaired) electrons. The van der Waals surface area contributed by atoms with Gasteiger partial charge in [0, 0.05) is 30.8 Å².